The standard InChI is InChI=1S/C5H9NO/c7-4-2-5-1-3-6-5/h7H,1-4H2. The van der Waals surface area contributed by atoms with Crippen LogP contribution in [0, 0.1) is 0 Å². The summed E-state index contributed by atoms with van der Waals surface area (Å²) in [4.78, 5) is 4.02. The van der Waals surface area contributed by atoms with Crippen LogP contribution in [0.15, 0.2) is 4.99 Å². The third-order valence-corrected chi connectivity index (χ3v) is 1.14. The first-order valence-corrected chi connectivity index (χ1v) is 2.56. The fourth-order valence-electron chi connectivity index (χ4n) is 0.603. The van der Waals surface area contributed by atoms with E-state index in [1.165, 1.54) is 5.71 Å². The van der Waals surface area contributed by atoms with E-state index in [4.69, 9.17) is 5.11 Å². The van der Waals surface area contributed by atoms with Crippen LogP contribution in [0.2, 0.25) is 0 Å². The molecule has 40 valence electrons. The van der Waals surface area contributed by atoms with Gasteiger partial charge in [-0.25, -0.2) is 0 Å². The van der Waals surface area contributed by atoms with Crippen molar-refractivity contribution in [1.82, 2.24) is 0 Å². The van der Waals surface area contributed by atoms with Gasteiger partial charge in [-0.1, -0.05) is 0 Å². The molecule has 0 aromatic rings. The van der Waals surface area contributed by atoms with Crippen LogP contribution in [0.4, 0.5) is 0 Å². The Bertz CT molecular complexity index is 88.1. The molecule has 0 spiro atoms. The minimum atomic E-state index is 0.263. The molecule has 0 fully saturated rings. The smallest absolute Gasteiger partial charge is 0.0483 e. The Morgan fingerprint density at radius 2 is 2.43 bits per heavy atom. The molecule has 1 aliphatic rings. The first kappa shape index (κ1) is 4.78. The highest BCUT2D eigenvalue weighted by atomic mass is 16.3. The maximum atomic E-state index is 8.32. The normalized spacial score (nSPS) is 18.1. The summed E-state index contributed by atoms with van der Waals surface area (Å²) >= 11 is 0. The largest absolute Gasteiger partial charge is 0.396 e. The minimum Gasteiger partial charge on any atom is -0.396 e. The van der Waals surface area contributed by atoms with E-state index < -0.39 is 0 Å². The molecule has 1 rings (SSSR count). The summed E-state index contributed by atoms with van der Waals surface area (Å²) < 4.78 is 0. The quantitative estimate of drug-likeness (QED) is 0.527. The van der Waals surface area contributed by atoms with Crippen LogP contribution < -0.4 is 0 Å². The molecule has 7 heavy (non-hydrogen) atoms. The zero-order valence-electron chi connectivity index (χ0n) is 4.22. The molecule has 0 unspecified atom stereocenters. The van der Waals surface area contributed by atoms with Crippen molar-refractivity contribution in [2.45, 2.75) is 12.8 Å². The third kappa shape index (κ3) is 0.996. The summed E-state index contributed by atoms with van der Waals surface area (Å²) in [5.41, 5.74) is 1.18. The fourth-order valence-corrected chi connectivity index (χ4v) is 0.603. The van der Waals surface area contributed by atoms with E-state index in [9.17, 15) is 0 Å². The molecule has 1 aliphatic heterocycles. The van der Waals surface area contributed by atoms with Crippen molar-refractivity contribution >= 4 is 5.71 Å². The number of aliphatic hydroxyl groups is 1. The Labute approximate surface area is 42.9 Å². The summed E-state index contributed by atoms with van der Waals surface area (Å²) in [6, 6.07) is 0. The van der Waals surface area contributed by atoms with Gasteiger partial charge < -0.3 is 5.11 Å². The summed E-state index contributed by atoms with van der Waals surface area (Å²) in [6.07, 6.45) is 1.90. The predicted molar refractivity (Wildman–Crippen MR) is 28.6 cm³/mol. The molecule has 0 aliphatic carbocycles. The number of hydrogen-bond acceptors (Lipinski definition) is 2. The van der Waals surface area contributed by atoms with Crippen molar-refractivity contribution in [2.24, 2.45) is 4.99 Å². The summed E-state index contributed by atoms with van der Waals surface area (Å²) in [5, 5.41) is 8.32. The van der Waals surface area contributed by atoms with E-state index >= 15 is 0 Å². The van der Waals surface area contributed by atoms with Crippen molar-refractivity contribution < 1.29 is 5.11 Å². The van der Waals surface area contributed by atoms with Crippen LogP contribution in [-0.4, -0.2) is 24.0 Å². The SMILES string of the molecule is OCCC1=NCC1. The molecule has 2 nitrogen and oxygen atoms in total. The summed E-state index contributed by atoms with van der Waals surface area (Å²) in [7, 11) is 0. The number of nitrogens with zero attached hydrogens (tertiary/aromatic N) is 1. The van der Waals surface area contributed by atoms with E-state index in [1.807, 2.05) is 0 Å². The van der Waals surface area contributed by atoms with Crippen LogP contribution in [0.1, 0.15) is 12.8 Å². The van der Waals surface area contributed by atoms with Gasteiger partial charge in [0.25, 0.3) is 0 Å². The first-order valence-electron chi connectivity index (χ1n) is 2.56. The van der Waals surface area contributed by atoms with E-state index in [2.05, 4.69) is 4.99 Å². The van der Waals surface area contributed by atoms with Crippen LogP contribution in [0.25, 0.3) is 0 Å². The molecule has 0 amide bonds. The van der Waals surface area contributed by atoms with Gasteiger partial charge in [0, 0.05) is 31.7 Å². The monoisotopic (exact) mass is 99.1 g/mol. The van der Waals surface area contributed by atoms with E-state index in [0.29, 0.717) is 0 Å². The predicted octanol–water partition coefficient (Wildman–Crippen LogP) is 0.214. The summed E-state index contributed by atoms with van der Waals surface area (Å²) in [5.74, 6) is 0. The molecule has 0 bridgehead atoms. The van der Waals surface area contributed by atoms with Gasteiger partial charge in [0.1, 0.15) is 0 Å². The second-order valence-electron chi connectivity index (χ2n) is 1.67. The Hall–Kier alpha value is -0.370. The summed E-state index contributed by atoms with van der Waals surface area (Å²) in [6.45, 7) is 1.24. The molecule has 0 aromatic heterocycles. The first-order chi connectivity index (χ1) is 3.43. The van der Waals surface area contributed by atoms with Gasteiger partial charge in [0.15, 0.2) is 0 Å². The number of aliphatic imine (C=N–C) groups is 1. The van der Waals surface area contributed by atoms with E-state index in [0.717, 1.165) is 19.4 Å². The molecule has 1 N–H and O–H groups in total. The highest BCUT2D eigenvalue weighted by Crippen LogP contribution is 2.02. The topological polar surface area (TPSA) is 32.6 Å². The molecule has 0 saturated heterocycles. The molecule has 0 saturated carbocycles. The van der Waals surface area contributed by atoms with Crippen molar-refractivity contribution in [3.8, 4) is 0 Å². The maximum absolute atomic E-state index is 8.32. The zero-order valence-corrected chi connectivity index (χ0v) is 4.22. The molecular weight excluding hydrogens is 90.1 g/mol. The Kier molecular flexibility index (Phi) is 1.42. The van der Waals surface area contributed by atoms with Crippen LogP contribution in [0.5, 0.6) is 0 Å². The van der Waals surface area contributed by atoms with Gasteiger partial charge in [-0.3, -0.25) is 4.99 Å². The van der Waals surface area contributed by atoms with Crippen molar-refractivity contribution in [1.29, 1.82) is 0 Å². The lowest BCUT2D eigenvalue weighted by Gasteiger charge is -2.10. The van der Waals surface area contributed by atoms with Gasteiger partial charge in [-0.2, -0.15) is 0 Å². The van der Waals surface area contributed by atoms with Gasteiger partial charge in [0.05, 0.1) is 0 Å². The van der Waals surface area contributed by atoms with Crippen LogP contribution in [-0.2, 0) is 0 Å². The van der Waals surface area contributed by atoms with Gasteiger partial charge in [0.2, 0.25) is 0 Å². The molecule has 2 heteroatoms. The third-order valence-electron chi connectivity index (χ3n) is 1.14. The lowest BCUT2D eigenvalue weighted by Crippen LogP contribution is -2.12. The lowest BCUT2D eigenvalue weighted by atomic mass is 10.1. The average Bonchev–Trinajstić information content (AvgIpc) is 1.55. The van der Waals surface area contributed by atoms with E-state index in [1.54, 1.807) is 0 Å². The Morgan fingerprint density at radius 3 is 2.57 bits per heavy atom. The highest BCUT2D eigenvalue weighted by molar-refractivity contribution is 5.88. The molecule has 0 atom stereocenters. The Balaban J connectivity index is 2.15. The van der Waals surface area contributed by atoms with Crippen LogP contribution in [0.3, 0.4) is 0 Å². The van der Waals surface area contributed by atoms with Crippen LogP contribution >= 0.6 is 0 Å². The molecule has 0 aromatic carbocycles. The zero-order chi connectivity index (χ0) is 5.11. The minimum absolute atomic E-state index is 0.263. The van der Waals surface area contributed by atoms with Gasteiger partial charge in [-0.05, 0) is 0 Å². The Morgan fingerprint density at radius 1 is 1.71 bits per heavy atom. The van der Waals surface area contributed by atoms with Crippen molar-refractivity contribution in [2.75, 3.05) is 13.2 Å². The second-order valence-corrected chi connectivity index (χ2v) is 1.67. The number of aliphatic hydroxyl groups excluding tert-OH is 1. The number of rotatable bonds is 2. The van der Waals surface area contributed by atoms with Gasteiger partial charge >= 0.3 is 0 Å². The van der Waals surface area contributed by atoms with Crippen molar-refractivity contribution in [3.05, 3.63) is 0 Å². The maximum Gasteiger partial charge on any atom is 0.0483 e. The molecule has 1 heterocycles. The molecular formula is C5H9NO. The fraction of sp³-hybridized carbons (Fsp3) is 0.800. The molecule has 0 radical (unpaired) electrons. The lowest BCUT2D eigenvalue weighted by molar-refractivity contribution is 0.305. The highest BCUT2D eigenvalue weighted by Gasteiger charge is 2.04. The second kappa shape index (κ2) is 2.07. The average molecular weight is 99.1 g/mol. The van der Waals surface area contributed by atoms with Crippen molar-refractivity contribution in [3.63, 3.8) is 0 Å². The van der Waals surface area contributed by atoms with E-state index in [-0.39, 0.29) is 6.61 Å². The number of hydrogen-bond donors (Lipinski definition) is 1. The van der Waals surface area contributed by atoms with Gasteiger partial charge in [-0.15, -0.1) is 0 Å².